The van der Waals surface area contributed by atoms with Crippen molar-refractivity contribution in [2.24, 2.45) is 0 Å². The van der Waals surface area contributed by atoms with E-state index in [0.29, 0.717) is 6.61 Å². The summed E-state index contributed by atoms with van der Waals surface area (Å²) in [6.45, 7) is 4.11. The molecule has 0 atom stereocenters. The summed E-state index contributed by atoms with van der Waals surface area (Å²) in [6, 6.07) is 0. The van der Waals surface area contributed by atoms with Crippen molar-refractivity contribution in [2.75, 3.05) is 6.61 Å². The first-order chi connectivity index (χ1) is 8.74. The zero-order chi connectivity index (χ0) is 13.2. The second-order valence-electron chi connectivity index (χ2n) is 3.72. The van der Waals surface area contributed by atoms with Crippen LogP contribution in [0.4, 0.5) is 0 Å². The minimum atomic E-state index is -0.277. The molecule has 0 N–H and O–H groups in total. The number of esters is 1. The van der Waals surface area contributed by atoms with Crippen LogP contribution in [-0.2, 0) is 26.6 Å². The van der Waals surface area contributed by atoms with E-state index in [1.54, 1.807) is 6.92 Å². The normalized spacial score (nSPS) is 19.4. The molecule has 0 heterocycles. The molecule has 0 saturated heterocycles. The van der Waals surface area contributed by atoms with E-state index < -0.39 is 0 Å². The molecule has 0 aliphatic heterocycles. The number of ether oxygens (including phenoxy) is 1. The van der Waals surface area contributed by atoms with Gasteiger partial charge in [-0.05, 0) is 71.6 Å². The molecule has 19 heavy (non-hydrogen) atoms. The van der Waals surface area contributed by atoms with Crippen molar-refractivity contribution in [2.45, 2.75) is 13.8 Å². The Kier molecular flexibility index (Phi) is 11.4. The second kappa shape index (κ2) is 11.5. The number of hydrogen-bond acceptors (Lipinski definition) is 2. The predicted octanol–water partition coefficient (Wildman–Crippen LogP) is 2.92. The summed E-state index contributed by atoms with van der Waals surface area (Å²) in [6.07, 6.45) is 19.3. The molecule has 2 aliphatic carbocycles. The first-order valence-corrected chi connectivity index (χ1v) is 5.98. The zero-order valence-corrected chi connectivity index (χ0v) is 12.3. The monoisotopic (exact) mass is 298 g/mol. The van der Waals surface area contributed by atoms with Crippen LogP contribution in [-0.4, -0.2) is 12.6 Å². The van der Waals surface area contributed by atoms with Gasteiger partial charge >= 0.3 is 23.0 Å². The van der Waals surface area contributed by atoms with Crippen LogP contribution in [0.1, 0.15) is 13.8 Å². The smallest absolute Gasteiger partial charge is 0.463 e. The van der Waals surface area contributed by atoms with E-state index in [0.717, 1.165) is 11.5 Å². The van der Waals surface area contributed by atoms with Gasteiger partial charge in [0.15, 0.2) is 0 Å². The van der Waals surface area contributed by atoms with Gasteiger partial charge in [0.25, 0.3) is 0 Å². The van der Waals surface area contributed by atoms with E-state index in [-0.39, 0.29) is 23.0 Å². The fourth-order valence-electron chi connectivity index (χ4n) is 1.40. The van der Waals surface area contributed by atoms with E-state index in [9.17, 15) is 4.79 Å². The van der Waals surface area contributed by atoms with Gasteiger partial charge in [0, 0.05) is 12.0 Å². The van der Waals surface area contributed by atoms with Gasteiger partial charge in [0.05, 0.1) is 6.61 Å². The third kappa shape index (κ3) is 8.49. The van der Waals surface area contributed by atoms with Crippen molar-refractivity contribution in [3.8, 4) is 0 Å². The average molecular weight is 298 g/mol. The molecule has 0 aromatic rings. The van der Waals surface area contributed by atoms with Crippen LogP contribution in [0, 0.1) is 63.7 Å². The first kappa shape index (κ1) is 18.7. The van der Waals surface area contributed by atoms with Gasteiger partial charge in [-0.1, -0.05) is 5.57 Å². The van der Waals surface area contributed by atoms with Crippen molar-refractivity contribution in [1.82, 2.24) is 0 Å². The predicted molar refractivity (Wildman–Crippen MR) is 72.3 cm³/mol. The molecule has 0 aromatic carbocycles. The molecule has 0 amide bonds. The van der Waals surface area contributed by atoms with Crippen LogP contribution in [0.2, 0.25) is 0 Å². The zero-order valence-electron chi connectivity index (χ0n) is 11.2. The summed E-state index contributed by atoms with van der Waals surface area (Å²) in [5.41, 5.74) is 0.934. The van der Waals surface area contributed by atoms with E-state index in [1.165, 1.54) is 6.08 Å². The molecule has 2 aliphatic rings. The molecular formula is C16H18FeO2+2. The van der Waals surface area contributed by atoms with Crippen LogP contribution in [0.15, 0.2) is 11.6 Å². The number of hydrogen-bond donors (Lipinski definition) is 0. The Morgan fingerprint density at radius 2 is 1.53 bits per heavy atom. The van der Waals surface area contributed by atoms with Crippen molar-refractivity contribution in [3.05, 3.63) is 75.4 Å². The Labute approximate surface area is 128 Å². The molecule has 0 unspecified atom stereocenters. The Morgan fingerprint density at radius 1 is 1.05 bits per heavy atom. The van der Waals surface area contributed by atoms with Crippen molar-refractivity contribution in [3.63, 3.8) is 0 Å². The molecule has 0 spiro atoms. The molecule has 0 aromatic heterocycles. The fourth-order valence-corrected chi connectivity index (χ4v) is 1.40. The number of carbonyl (C=O) groups excluding carboxylic acids is 1. The van der Waals surface area contributed by atoms with Crippen LogP contribution in [0.3, 0.4) is 0 Å². The van der Waals surface area contributed by atoms with E-state index >= 15 is 0 Å². The molecule has 100 valence electrons. The minimum absolute atomic E-state index is 0. The molecule has 2 saturated carbocycles. The summed E-state index contributed by atoms with van der Waals surface area (Å²) in [5.74, 6) is 0.786. The molecular weight excluding hydrogens is 280 g/mol. The van der Waals surface area contributed by atoms with E-state index in [1.807, 2.05) is 64.7 Å². The minimum Gasteiger partial charge on any atom is -0.463 e. The quantitative estimate of drug-likeness (QED) is 0.455. The van der Waals surface area contributed by atoms with Crippen LogP contribution >= 0.6 is 0 Å². The van der Waals surface area contributed by atoms with E-state index in [4.69, 9.17) is 4.74 Å². The van der Waals surface area contributed by atoms with Gasteiger partial charge in [-0.2, -0.15) is 0 Å². The SMILES string of the molecule is CCOC(=O)/C=C(\C)[C]1[CH][CH][CH][CH]1.[CH]1[CH][CH][CH][CH]1.[Fe+2]. The summed E-state index contributed by atoms with van der Waals surface area (Å²) in [7, 11) is 0. The number of rotatable bonds is 3. The summed E-state index contributed by atoms with van der Waals surface area (Å²) < 4.78 is 4.80. The summed E-state index contributed by atoms with van der Waals surface area (Å²) in [4.78, 5) is 11.1. The van der Waals surface area contributed by atoms with Crippen LogP contribution < -0.4 is 0 Å². The molecule has 2 fully saturated rings. The topological polar surface area (TPSA) is 26.3 Å². The maximum atomic E-state index is 11.1. The van der Waals surface area contributed by atoms with Gasteiger partial charge in [0.1, 0.15) is 0 Å². The Morgan fingerprint density at radius 3 is 1.95 bits per heavy atom. The Bertz CT molecular complexity index is 256. The molecule has 10 radical (unpaired) electrons. The number of allylic oxidation sites excluding steroid dienone is 1. The Balaban J connectivity index is 0.000000454. The van der Waals surface area contributed by atoms with Crippen molar-refractivity contribution in [1.29, 1.82) is 0 Å². The molecule has 0 bridgehead atoms. The maximum Gasteiger partial charge on any atom is 2.00 e. The summed E-state index contributed by atoms with van der Waals surface area (Å²) in [5, 5.41) is 0. The molecule has 2 rings (SSSR count). The first-order valence-electron chi connectivity index (χ1n) is 5.98. The fraction of sp³-hybridized carbons (Fsp3) is 0.188. The van der Waals surface area contributed by atoms with Gasteiger partial charge in [-0.3, -0.25) is 0 Å². The average Bonchev–Trinajstić information content (AvgIpc) is 3.06. The van der Waals surface area contributed by atoms with Crippen LogP contribution in [0.25, 0.3) is 0 Å². The third-order valence-electron chi connectivity index (χ3n) is 2.29. The number of carbonyl (C=O) groups is 1. The van der Waals surface area contributed by atoms with Gasteiger partial charge < -0.3 is 4.74 Å². The second-order valence-corrected chi connectivity index (χ2v) is 3.72. The Hall–Kier alpha value is -0.271. The van der Waals surface area contributed by atoms with Gasteiger partial charge in [-0.15, -0.1) is 0 Å². The van der Waals surface area contributed by atoms with Crippen molar-refractivity contribution < 1.29 is 26.6 Å². The molecule has 2 nitrogen and oxygen atoms in total. The maximum absolute atomic E-state index is 11.1. The van der Waals surface area contributed by atoms with Crippen molar-refractivity contribution >= 4 is 5.97 Å². The third-order valence-corrected chi connectivity index (χ3v) is 2.29. The molecule has 3 heteroatoms. The largest absolute Gasteiger partial charge is 2.00 e. The summed E-state index contributed by atoms with van der Waals surface area (Å²) >= 11 is 0. The van der Waals surface area contributed by atoms with E-state index in [2.05, 4.69) is 0 Å². The van der Waals surface area contributed by atoms with Gasteiger partial charge in [0.2, 0.25) is 0 Å². The standard InChI is InChI=1S/C11H13O2.C5H5.Fe/c1-3-13-11(12)8-9(2)10-6-4-5-7-10;1-2-4-5-3-1;/h4-8H,3H2,1-2H3;1-5H;/q;;+2/b9-8+;;. The van der Waals surface area contributed by atoms with Gasteiger partial charge in [-0.25, -0.2) is 4.79 Å². The van der Waals surface area contributed by atoms with Crippen LogP contribution in [0.5, 0.6) is 0 Å².